The molecule has 0 unspecified atom stereocenters. The minimum absolute atomic E-state index is 0.378. The van der Waals surface area contributed by atoms with E-state index in [1.54, 1.807) is 12.1 Å². The van der Waals surface area contributed by atoms with Crippen LogP contribution in [-0.2, 0) is 0 Å². The minimum atomic E-state index is -0.378. The predicted molar refractivity (Wildman–Crippen MR) is 77.5 cm³/mol. The Morgan fingerprint density at radius 2 is 1.90 bits per heavy atom. The molecule has 7 nitrogen and oxygen atoms in total. The summed E-state index contributed by atoms with van der Waals surface area (Å²) in [5.41, 5.74) is 1.30. The molecule has 1 aromatic heterocycles. The first-order valence-corrected chi connectivity index (χ1v) is 5.93. The van der Waals surface area contributed by atoms with E-state index < -0.39 is 0 Å². The van der Waals surface area contributed by atoms with Gasteiger partial charge in [0.05, 0.1) is 0 Å². The van der Waals surface area contributed by atoms with Gasteiger partial charge in [-0.05, 0) is 12.1 Å². The van der Waals surface area contributed by atoms with Crippen LogP contribution >= 0.6 is 0 Å². The normalized spacial score (nSPS) is 12.1. The molecule has 7 heteroatoms. The molecular formula is C13H12N6O. The lowest BCUT2D eigenvalue weighted by atomic mass is 10.3. The van der Waals surface area contributed by atoms with Crippen LogP contribution in [-0.4, -0.2) is 16.0 Å². The largest absolute Gasteiger partial charge is 0.336 e. The van der Waals surface area contributed by atoms with Gasteiger partial charge in [-0.15, -0.1) is 0 Å². The standard InChI is InChI=1S/C13H12N6O/c1-8-16-10-11(17-8)14-7-15-12(10)19-13(20)18-9-5-3-2-4-6-9/h2-7,16H,1H2,(H3,14,15,17,18,19,20). The highest BCUT2D eigenvalue weighted by Crippen LogP contribution is 2.32. The first-order chi connectivity index (χ1) is 9.72. The monoisotopic (exact) mass is 268 g/mol. The van der Waals surface area contributed by atoms with Crippen LogP contribution in [0.3, 0.4) is 0 Å². The summed E-state index contributed by atoms with van der Waals surface area (Å²) in [5, 5.41) is 11.3. The molecule has 1 aliphatic heterocycles. The lowest BCUT2D eigenvalue weighted by Crippen LogP contribution is -2.20. The number of nitrogens with zero attached hydrogens (tertiary/aromatic N) is 2. The topological polar surface area (TPSA) is 91.0 Å². The highest BCUT2D eigenvalue weighted by atomic mass is 16.2. The molecule has 2 aromatic rings. The van der Waals surface area contributed by atoms with Crippen LogP contribution in [0.1, 0.15) is 0 Å². The molecule has 2 heterocycles. The number of amides is 2. The molecule has 0 fully saturated rings. The third-order valence-electron chi connectivity index (χ3n) is 2.66. The summed E-state index contributed by atoms with van der Waals surface area (Å²) in [6.07, 6.45) is 1.37. The molecule has 0 atom stereocenters. The molecular weight excluding hydrogens is 256 g/mol. The smallest absolute Gasteiger partial charge is 0.324 e. The highest BCUT2D eigenvalue weighted by molar-refractivity contribution is 6.02. The van der Waals surface area contributed by atoms with Gasteiger partial charge < -0.3 is 16.0 Å². The van der Waals surface area contributed by atoms with Crippen LogP contribution in [0.2, 0.25) is 0 Å². The molecule has 1 aliphatic rings. The number of hydrogen-bond donors (Lipinski definition) is 4. The van der Waals surface area contributed by atoms with E-state index in [1.807, 2.05) is 18.2 Å². The van der Waals surface area contributed by atoms with Gasteiger partial charge in [-0.25, -0.2) is 14.8 Å². The first kappa shape index (κ1) is 12.0. The fraction of sp³-hybridized carbons (Fsp3) is 0. The van der Waals surface area contributed by atoms with E-state index in [-0.39, 0.29) is 6.03 Å². The predicted octanol–water partition coefficient (Wildman–Crippen LogP) is 2.43. The Morgan fingerprint density at radius 3 is 2.70 bits per heavy atom. The second-order valence-electron chi connectivity index (χ2n) is 4.12. The van der Waals surface area contributed by atoms with Gasteiger partial charge >= 0.3 is 6.03 Å². The highest BCUT2D eigenvalue weighted by Gasteiger charge is 2.19. The number of carbonyl (C=O) groups excluding carboxylic acids is 1. The van der Waals surface area contributed by atoms with E-state index in [0.29, 0.717) is 28.8 Å². The van der Waals surface area contributed by atoms with E-state index >= 15 is 0 Å². The zero-order valence-corrected chi connectivity index (χ0v) is 10.5. The molecule has 0 bridgehead atoms. The van der Waals surface area contributed by atoms with E-state index in [4.69, 9.17) is 0 Å². The Morgan fingerprint density at radius 1 is 1.10 bits per heavy atom. The van der Waals surface area contributed by atoms with Crippen LogP contribution in [0, 0.1) is 0 Å². The van der Waals surface area contributed by atoms with Crippen molar-refractivity contribution in [1.29, 1.82) is 0 Å². The van der Waals surface area contributed by atoms with E-state index in [1.165, 1.54) is 6.33 Å². The number of fused-ring (bicyclic) bond motifs is 1. The van der Waals surface area contributed by atoms with Crippen molar-refractivity contribution in [3.63, 3.8) is 0 Å². The van der Waals surface area contributed by atoms with Crippen LogP contribution in [0.4, 0.5) is 27.8 Å². The van der Waals surface area contributed by atoms with Crippen LogP contribution in [0.15, 0.2) is 49.1 Å². The lowest BCUT2D eigenvalue weighted by Gasteiger charge is -2.09. The molecule has 0 spiro atoms. The number of anilines is 4. The Kier molecular flexibility index (Phi) is 2.92. The van der Waals surface area contributed by atoms with E-state index in [9.17, 15) is 4.79 Å². The number of carbonyl (C=O) groups is 1. The average molecular weight is 268 g/mol. The summed E-state index contributed by atoms with van der Waals surface area (Å²) in [6, 6.07) is 8.77. The molecule has 0 aliphatic carbocycles. The molecule has 20 heavy (non-hydrogen) atoms. The Bertz CT molecular complexity index is 670. The maximum absolute atomic E-state index is 11.9. The van der Waals surface area contributed by atoms with Gasteiger partial charge in [0, 0.05) is 5.69 Å². The third kappa shape index (κ3) is 2.37. The van der Waals surface area contributed by atoms with Crippen molar-refractivity contribution in [3.8, 4) is 0 Å². The maximum Gasteiger partial charge on any atom is 0.324 e. The van der Waals surface area contributed by atoms with Gasteiger partial charge in [0.1, 0.15) is 17.8 Å². The SMILES string of the molecule is C=C1Nc2ncnc(NC(=O)Nc3ccccc3)c2N1. The summed E-state index contributed by atoms with van der Waals surface area (Å²) in [5.74, 6) is 1.56. The Hall–Kier alpha value is -3.09. The molecule has 100 valence electrons. The average Bonchev–Trinajstić information content (AvgIpc) is 2.81. The quantitative estimate of drug-likeness (QED) is 0.671. The summed E-state index contributed by atoms with van der Waals surface area (Å²) in [7, 11) is 0. The number of nitrogens with one attached hydrogen (secondary N) is 4. The number of benzene rings is 1. The number of aromatic nitrogens is 2. The second kappa shape index (κ2) is 4.88. The van der Waals surface area contributed by atoms with E-state index in [0.717, 1.165) is 0 Å². The molecule has 3 rings (SSSR count). The molecule has 0 saturated heterocycles. The summed E-state index contributed by atoms with van der Waals surface area (Å²) in [4.78, 5) is 20.0. The molecule has 0 saturated carbocycles. The maximum atomic E-state index is 11.9. The molecule has 4 N–H and O–H groups in total. The van der Waals surface area contributed by atoms with Crippen LogP contribution < -0.4 is 21.3 Å². The van der Waals surface area contributed by atoms with Crippen molar-refractivity contribution in [2.75, 3.05) is 21.3 Å². The molecule has 2 amide bonds. The van der Waals surface area contributed by atoms with Gasteiger partial charge in [0.2, 0.25) is 0 Å². The number of rotatable bonds is 2. The zero-order valence-electron chi connectivity index (χ0n) is 10.5. The number of hydrogen-bond acceptors (Lipinski definition) is 5. The summed E-state index contributed by atoms with van der Waals surface area (Å²) in [6.45, 7) is 3.74. The van der Waals surface area contributed by atoms with Crippen molar-refractivity contribution in [2.24, 2.45) is 0 Å². The Labute approximate surface area is 115 Å². The van der Waals surface area contributed by atoms with Crippen molar-refractivity contribution in [1.82, 2.24) is 9.97 Å². The van der Waals surface area contributed by atoms with Gasteiger partial charge in [0.25, 0.3) is 0 Å². The zero-order chi connectivity index (χ0) is 13.9. The fourth-order valence-corrected chi connectivity index (χ4v) is 1.81. The van der Waals surface area contributed by atoms with Crippen LogP contribution in [0.5, 0.6) is 0 Å². The van der Waals surface area contributed by atoms with Gasteiger partial charge in [-0.1, -0.05) is 24.8 Å². The molecule has 1 aromatic carbocycles. The number of urea groups is 1. The van der Waals surface area contributed by atoms with Crippen molar-refractivity contribution >= 4 is 29.0 Å². The first-order valence-electron chi connectivity index (χ1n) is 5.93. The second-order valence-corrected chi connectivity index (χ2v) is 4.12. The lowest BCUT2D eigenvalue weighted by molar-refractivity contribution is 0.262. The van der Waals surface area contributed by atoms with Gasteiger partial charge in [-0.3, -0.25) is 5.32 Å². The summed E-state index contributed by atoms with van der Waals surface area (Å²) >= 11 is 0. The van der Waals surface area contributed by atoms with E-state index in [2.05, 4.69) is 37.8 Å². The fourth-order valence-electron chi connectivity index (χ4n) is 1.81. The van der Waals surface area contributed by atoms with Crippen molar-refractivity contribution < 1.29 is 4.79 Å². The Balaban J connectivity index is 1.74. The summed E-state index contributed by atoms with van der Waals surface area (Å²) < 4.78 is 0. The third-order valence-corrected chi connectivity index (χ3v) is 2.66. The minimum Gasteiger partial charge on any atom is -0.336 e. The van der Waals surface area contributed by atoms with Gasteiger partial charge in [-0.2, -0.15) is 0 Å². The van der Waals surface area contributed by atoms with Crippen molar-refractivity contribution in [3.05, 3.63) is 49.1 Å². The van der Waals surface area contributed by atoms with Crippen molar-refractivity contribution in [2.45, 2.75) is 0 Å². The number of para-hydroxylation sites is 1. The van der Waals surface area contributed by atoms with Crippen LogP contribution in [0.25, 0.3) is 0 Å². The van der Waals surface area contributed by atoms with Gasteiger partial charge in [0.15, 0.2) is 11.6 Å². The molecule has 0 radical (unpaired) electrons.